The predicted octanol–water partition coefficient (Wildman–Crippen LogP) is 2.20. The van der Waals surface area contributed by atoms with Crippen molar-refractivity contribution in [3.8, 4) is 0 Å². The average Bonchev–Trinajstić information content (AvgIpc) is 2.17. The Morgan fingerprint density at radius 1 is 1.29 bits per heavy atom. The molecule has 0 aliphatic heterocycles. The van der Waals surface area contributed by atoms with E-state index in [9.17, 15) is 0 Å². The molecule has 74 valence electrons. The van der Waals surface area contributed by atoms with Crippen molar-refractivity contribution in [1.82, 2.24) is 0 Å². The van der Waals surface area contributed by atoms with Crippen LogP contribution in [-0.2, 0) is 6.42 Å². The topological polar surface area (TPSA) is 73.7 Å². The molecule has 0 aliphatic carbocycles. The standard InChI is InChI=1S/C10H13N3S/c1-2-7-3-5-8(6-4-7)9(11)14-10(12)13/h3-6,11H,2H2,1H3,(H3,12,13). The number of benzene rings is 1. The molecule has 0 aromatic heterocycles. The van der Waals surface area contributed by atoms with Crippen molar-refractivity contribution in [1.29, 1.82) is 10.8 Å². The van der Waals surface area contributed by atoms with Crippen molar-refractivity contribution in [3.05, 3.63) is 35.4 Å². The third-order valence-electron chi connectivity index (χ3n) is 1.84. The van der Waals surface area contributed by atoms with Crippen LogP contribution in [0.25, 0.3) is 0 Å². The van der Waals surface area contributed by atoms with Crippen LogP contribution in [0, 0.1) is 10.8 Å². The van der Waals surface area contributed by atoms with E-state index in [1.807, 2.05) is 24.3 Å². The number of hydrogen-bond acceptors (Lipinski definition) is 3. The highest BCUT2D eigenvalue weighted by Gasteiger charge is 2.03. The van der Waals surface area contributed by atoms with Crippen LogP contribution in [0.3, 0.4) is 0 Å². The van der Waals surface area contributed by atoms with Crippen molar-refractivity contribution in [2.24, 2.45) is 5.73 Å². The van der Waals surface area contributed by atoms with Gasteiger partial charge in [-0.05, 0) is 23.7 Å². The van der Waals surface area contributed by atoms with Crippen LogP contribution >= 0.6 is 11.8 Å². The first-order chi connectivity index (χ1) is 6.63. The van der Waals surface area contributed by atoms with Gasteiger partial charge in [-0.15, -0.1) is 0 Å². The lowest BCUT2D eigenvalue weighted by Crippen LogP contribution is -2.08. The smallest absolute Gasteiger partial charge is 0.157 e. The molecule has 3 nitrogen and oxygen atoms in total. The maximum Gasteiger partial charge on any atom is 0.157 e. The maximum atomic E-state index is 7.63. The van der Waals surface area contributed by atoms with E-state index in [0.29, 0.717) is 5.04 Å². The van der Waals surface area contributed by atoms with Gasteiger partial charge in [-0.1, -0.05) is 31.2 Å². The Labute approximate surface area is 87.7 Å². The van der Waals surface area contributed by atoms with Crippen LogP contribution in [0.1, 0.15) is 18.1 Å². The first kappa shape index (κ1) is 10.8. The molecule has 0 amide bonds. The molecule has 0 heterocycles. The van der Waals surface area contributed by atoms with Crippen molar-refractivity contribution in [2.75, 3.05) is 0 Å². The molecule has 4 N–H and O–H groups in total. The zero-order valence-corrected chi connectivity index (χ0v) is 8.82. The fraction of sp³-hybridized carbons (Fsp3) is 0.200. The first-order valence-corrected chi connectivity index (χ1v) is 5.15. The Balaban J connectivity index is 2.76. The molecule has 0 fully saturated rings. The van der Waals surface area contributed by atoms with Crippen molar-refractivity contribution in [3.63, 3.8) is 0 Å². The molecular weight excluding hydrogens is 194 g/mol. The SMILES string of the molecule is CCc1ccc(C(=N)SC(=N)N)cc1. The summed E-state index contributed by atoms with van der Waals surface area (Å²) in [6.45, 7) is 2.09. The van der Waals surface area contributed by atoms with E-state index in [0.717, 1.165) is 23.7 Å². The summed E-state index contributed by atoms with van der Waals surface area (Å²) in [5, 5.41) is 15.0. The van der Waals surface area contributed by atoms with E-state index in [1.165, 1.54) is 5.56 Å². The zero-order valence-electron chi connectivity index (χ0n) is 8.00. The number of aryl methyl sites for hydroxylation is 1. The Morgan fingerprint density at radius 3 is 2.29 bits per heavy atom. The summed E-state index contributed by atoms with van der Waals surface area (Å²) in [5.41, 5.74) is 7.24. The monoisotopic (exact) mass is 207 g/mol. The molecular formula is C10H13N3S. The summed E-state index contributed by atoms with van der Waals surface area (Å²) in [7, 11) is 0. The quantitative estimate of drug-likeness (QED) is 0.513. The molecule has 0 atom stereocenters. The fourth-order valence-electron chi connectivity index (χ4n) is 1.06. The van der Waals surface area contributed by atoms with Crippen LogP contribution in [0.2, 0.25) is 0 Å². The average molecular weight is 207 g/mol. The number of rotatable bonds is 2. The van der Waals surface area contributed by atoms with Crippen molar-refractivity contribution in [2.45, 2.75) is 13.3 Å². The maximum absolute atomic E-state index is 7.63. The van der Waals surface area contributed by atoms with Crippen LogP contribution < -0.4 is 5.73 Å². The highest BCUT2D eigenvalue weighted by atomic mass is 32.2. The molecule has 1 aromatic carbocycles. The summed E-state index contributed by atoms with van der Waals surface area (Å²) >= 11 is 0.965. The van der Waals surface area contributed by atoms with E-state index < -0.39 is 0 Å². The van der Waals surface area contributed by atoms with E-state index in [-0.39, 0.29) is 5.17 Å². The molecule has 0 saturated heterocycles. The summed E-state index contributed by atoms with van der Waals surface area (Å²) in [4.78, 5) is 0. The van der Waals surface area contributed by atoms with E-state index in [1.54, 1.807) is 0 Å². The van der Waals surface area contributed by atoms with Gasteiger partial charge in [-0.3, -0.25) is 10.8 Å². The third kappa shape index (κ3) is 2.88. The summed E-state index contributed by atoms with van der Waals surface area (Å²) in [6.07, 6.45) is 0.994. The molecule has 0 spiro atoms. The number of amidine groups is 1. The number of hydrogen-bond donors (Lipinski definition) is 3. The minimum atomic E-state index is -0.0467. The van der Waals surface area contributed by atoms with Crippen molar-refractivity contribution >= 4 is 22.0 Å². The zero-order chi connectivity index (χ0) is 10.6. The summed E-state index contributed by atoms with van der Waals surface area (Å²) in [6, 6.07) is 7.75. The van der Waals surface area contributed by atoms with Gasteiger partial charge in [0, 0.05) is 5.56 Å². The number of nitrogens with one attached hydrogen (secondary N) is 2. The number of nitrogens with two attached hydrogens (primary N) is 1. The number of thioether (sulfide) groups is 1. The summed E-state index contributed by atoms with van der Waals surface area (Å²) in [5.74, 6) is 0. The summed E-state index contributed by atoms with van der Waals surface area (Å²) < 4.78 is 0. The van der Waals surface area contributed by atoms with Gasteiger partial charge in [0.25, 0.3) is 0 Å². The minimum absolute atomic E-state index is 0.0467. The van der Waals surface area contributed by atoms with Gasteiger partial charge in [-0.25, -0.2) is 0 Å². The van der Waals surface area contributed by atoms with E-state index in [4.69, 9.17) is 16.6 Å². The molecule has 0 radical (unpaired) electrons. The van der Waals surface area contributed by atoms with Crippen molar-refractivity contribution < 1.29 is 0 Å². The van der Waals surface area contributed by atoms with Gasteiger partial charge in [-0.2, -0.15) is 0 Å². The Hall–Kier alpha value is -1.29. The van der Waals surface area contributed by atoms with Gasteiger partial charge >= 0.3 is 0 Å². The van der Waals surface area contributed by atoms with Gasteiger partial charge < -0.3 is 5.73 Å². The Kier molecular flexibility index (Phi) is 3.71. The predicted molar refractivity (Wildman–Crippen MR) is 62.2 cm³/mol. The van der Waals surface area contributed by atoms with Gasteiger partial charge in [0.1, 0.15) is 5.04 Å². The molecule has 4 heteroatoms. The lowest BCUT2D eigenvalue weighted by Gasteiger charge is -2.02. The second kappa shape index (κ2) is 4.81. The minimum Gasteiger partial charge on any atom is -0.378 e. The van der Waals surface area contributed by atoms with Crippen LogP contribution in [0.5, 0.6) is 0 Å². The molecule has 0 aliphatic rings. The largest absolute Gasteiger partial charge is 0.378 e. The van der Waals surface area contributed by atoms with E-state index >= 15 is 0 Å². The van der Waals surface area contributed by atoms with Gasteiger partial charge in [0.2, 0.25) is 0 Å². The van der Waals surface area contributed by atoms with Crippen LogP contribution in [0.15, 0.2) is 24.3 Å². The molecule has 0 bridgehead atoms. The highest BCUT2D eigenvalue weighted by molar-refractivity contribution is 8.26. The normalized spacial score (nSPS) is 9.79. The lowest BCUT2D eigenvalue weighted by molar-refractivity contribution is 1.14. The Bertz CT molecular complexity index is 343. The van der Waals surface area contributed by atoms with E-state index in [2.05, 4.69) is 6.92 Å². The first-order valence-electron chi connectivity index (χ1n) is 4.33. The third-order valence-corrected chi connectivity index (χ3v) is 2.50. The molecule has 1 aromatic rings. The van der Waals surface area contributed by atoms with Gasteiger partial charge in [0.15, 0.2) is 5.17 Å². The molecule has 0 unspecified atom stereocenters. The fourth-order valence-corrected chi connectivity index (χ4v) is 1.53. The molecule has 0 saturated carbocycles. The molecule has 1 rings (SSSR count). The van der Waals surface area contributed by atoms with Crippen LogP contribution in [-0.4, -0.2) is 10.2 Å². The highest BCUT2D eigenvalue weighted by Crippen LogP contribution is 2.12. The van der Waals surface area contributed by atoms with Gasteiger partial charge in [0.05, 0.1) is 0 Å². The Morgan fingerprint density at radius 2 is 1.86 bits per heavy atom. The second-order valence-corrected chi connectivity index (χ2v) is 3.90. The van der Waals surface area contributed by atoms with Crippen LogP contribution in [0.4, 0.5) is 0 Å². The lowest BCUT2D eigenvalue weighted by atomic mass is 10.1. The molecule has 14 heavy (non-hydrogen) atoms. The second-order valence-electron chi connectivity index (χ2n) is 2.85.